The first kappa shape index (κ1) is 47.3. The van der Waals surface area contributed by atoms with Crippen LogP contribution in [0.25, 0.3) is 0 Å². The van der Waals surface area contributed by atoms with Gasteiger partial charge in [0.25, 0.3) is 0 Å². The topological polar surface area (TPSA) is 26.7 Å². The number of halogens is 1. The van der Waals surface area contributed by atoms with E-state index in [-0.39, 0.29) is 23.6 Å². The summed E-state index contributed by atoms with van der Waals surface area (Å²) in [6, 6.07) is 20.8. The van der Waals surface area contributed by atoms with Crippen LogP contribution in [0, 0.1) is 6.67 Å². The third-order valence-corrected chi connectivity index (χ3v) is 19.2. The van der Waals surface area contributed by atoms with E-state index >= 15 is 0 Å². The average molecular weight is 916 g/mol. The van der Waals surface area contributed by atoms with Crippen LogP contribution in [-0.2, 0) is 15.7 Å². The predicted octanol–water partition coefficient (Wildman–Crippen LogP) is 15.6. The van der Waals surface area contributed by atoms with Crippen molar-refractivity contribution in [2.45, 2.75) is 192 Å². The van der Waals surface area contributed by atoms with Crippen LogP contribution in [-0.4, -0.2) is 39.8 Å². The van der Waals surface area contributed by atoms with Gasteiger partial charge in [0.05, 0.1) is 17.0 Å². The Hall–Kier alpha value is -1.73. The summed E-state index contributed by atoms with van der Waals surface area (Å²) in [6.45, 7) is 22.9. The first-order valence-electron chi connectivity index (χ1n) is 23.4. The van der Waals surface area contributed by atoms with Crippen molar-refractivity contribution < 1.29 is 20.8 Å². The second-order valence-electron chi connectivity index (χ2n) is 18.9. The van der Waals surface area contributed by atoms with Crippen molar-refractivity contribution in [2.75, 3.05) is 22.9 Å². The Morgan fingerprint density at radius 3 is 1.21 bits per heavy atom. The summed E-state index contributed by atoms with van der Waals surface area (Å²) in [5.74, 6) is 2.36. The van der Waals surface area contributed by atoms with Crippen molar-refractivity contribution in [1.29, 1.82) is 0 Å². The van der Waals surface area contributed by atoms with Gasteiger partial charge in [-0.3, -0.25) is 0 Å². The number of benzene rings is 3. The molecule has 3 aliphatic carbocycles. The van der Waals surface area contributed by atoms with Gasteiger partial charge in [-0.15, -0.1) is 0 Å². The standard InChI is InChI=1S/C27H39N2.C18H33P.C7H6O.ClH.Ru/c1-18(2)22-11-9-12-23(19(3)4)26(22)28-15-16-29(17-28)27-24(20(5)6)13-10-14-25(27)21(7)8;1-4-10-16(11-5-1)19(17-12-6-2-7-13-17)18-14-8-3-9-15-18;1-6-4-2-3-5-7(6)8;;/h9-14,17-21H,15-16H2,1-8H3;16-18H,1-15H2;1-5,8H;1H;/q-1;;;;+1. The van der Waals surface area contributed by atoms with Gasteiger partial charge in [-0.25, -0.2) is 0 Å². The summed E-state index contributed by atoms with van der Waals surface area (Å²) in [5.41, 5.74) is 13.2. The second-order valence-corrected chi connectivity index (χ2v) is 24.2. The fraction of sp³-hybridized carbons (Fsp3) is 0.615. The van der Waals surface area contributed by atoms with E-state index in [1.807, 2.05) is 16.7 Å². The predicted molar refractivity (Wildman–Crippen MR) is 256 cm³/mol. The molecule has 0 spiro atoms. The molecule has 1 aliphatic heterocycles. The van der Waals surface area contributed by atoms with E-state index in [2.05, 4.69) is 108 Å². The normalized spacial score (nSPS) is 18.9. The van der Waals surface area contributed by atoms with Crippen LogP contribution in [0.2, 0.25) is 0 Å². The molecule has 3 aromatic rings. The molecule has 0 radical (unpaired) electrons. The molecule has 0 aromatic heterocycles. The molecule has 3 nitrogen and oxygen atoms in total. The van der Waals surface area contributed by atoms with Crippen molar-refractivity contribution in [1.82, 2.24) is 0 Å². The summed E-state index contributed by atoms with van der Waals surface area (Å²) >= 11 is -0.250. The van der Waals surface area contributed by atoms with Crippen LogP contribution in [0.4, 0.5) is 11.4 Å². The summed E-state index contributed by atoms with van der Waals surface area (Å²) in [5, 5.41) is 9.17. The molecule has 0 unspecified atom stereocenters. The molecule has 0 bridgehead atoms. The van der Waals surface area contributed by atoms with E-state index in [9.17, 15) is 0 Å². The molecule has 1 N–H and O–H groups in total. The number of anilines is 2. The van der Waals surface area contributed by atoms with Crippen molar-refractivity contribution in [2.24, 2.45) is 0 Å². The molecule has 7 rings (SSSR count). The Morgan fingerprint density at radius 2 is 0.897 bits per heavy atom. The first-order chi connectivity index (χ1) is 28.0. The number of rotatable bonds is 10. The molecule has 6 heteroatoms. The third kappa shape index (κ3) is 12.9. The Bertz CT molecular complexity index is 1520. The molecule has 4 fully saturated rings. The minimum absolute atomic E-state index is 0.0465. The van der Waals surface area contributed by atoms with Gasteiger partial charge < -0.3 is 9.80 Å². The number of phenols is 1. The zero-order chi connectivity index (χ0) is 41.6. The van der Waals surface area contributed by atoms with Crippen LogP contribution < -0.4 is 9.80 Å². The molecular formula is C52H79ClN2OPRu. The maximum atomic E-state index is 9.17. The van der Waals surface area contributed by atoms with Gasteiger partial charge in [0.2, 0.25) is 0 Å². The van der Waals surface area contributed by atoms with Crippen LogP contribution in [0.5, 0.6) is 5.75 Å². The molecular weight excluding hydrogens is 836 g/mol. The average Bonchev–Trinajstić information content (AvgIpc) is 3.73. The van der Waals surface area contributed by atoms with Crippen molar-refractivity contribution in [3.63, 3.8) is 0 Å². The van der Waals surface area contributed by atoms with Gasteiger partial charge in [0.1, 0.15) is 0 Å². The molecule has 3 saturated carbocycles. The van der Waals surface area contributed by atoms with Crippen LogP contribution >= 0.6 is 17.6 Å². The maximum absolute atomic E-state index is 9.17. The van der Waals surface area contributed by atoms with E-state index in [1.165, 1.54) is 50.6 Å². The third-order valence-electron chi connectivity index (χ3n) is 13.4. The van der Waals surface area contributed by atoms with E-state index in [0.717, 1.165) is 18.7 Å². The van der Waals surface area contributed by atoms with E-state index in [1.54, 1.807) is 108 Å². The fourth-order valence-electron chi connectivity index (χ4n) is 10.4. The van der Waals surface area contributed by atoms with Crippen LogP contribution in [0.3, 0.4) is 0 Å². The second kappa shape index (κ2) is 24.1. The summed E-state index contributed by atoms with van der Waals surface area (Å²) in [4.78, 5) is 5.01. The van der Waals surface area contributed by atoms with Gasteiger partial charge in [0.15, 0.2) is 0 Å². The van der Waals surface area contributed by atoms with Crippen molar-refractivity contribution >= 4 is 33.6 Å². The molecule has 3 aromatic carbocycles. The first-order valence-corrected chi connectivity index (χ1v) is 28.3. The molecule has 323 valence electrons. The molecule has 58 heavy (non-hydrogen) atoms. The molecule has 1 heterocycles. The molecule has 1 saturated heterocycles. The zero-order valence-electron chi connectivity index (χ0n) is 37.6. The number of nitrogens with zero attached hydrogens (tertiary/aromatic N) is 2. The SMILES string of the molecule is C1CCC([PH+](C2CCCCC2)C2CCCCC2)CC1.CC(C)c1cccc(C(C)C)c1N1[CH-]N(c2c(C(C)C)cccc2C(C)C)CC1.Oc1ccccc1[CH]=[Ru][Cl]. The zero-order valence-corrected chi connectivity index (χ0v) is 41.1. The number of hydrogen-bond acceptors (Lipinski definition) is 3. The van der Waals surface area contributed by atoms with Gasteiger partial charge in [-0.05, 0) is 123 Å². The van der Waals surface area contributed by atoms with E-state index < -0.39 is 0 Å². The van der Waals surface area contributed by atoms with Crippen LogP contribution in [0.15, 0.2) is 60.7 Å². The Morgan fingerprint density at radius 1 is 0.552 bits per heavy atom. The van der Waals surface area contributed by atoms with Crippen molar-refractivity contribution in [3.05, 3.63) is 95.1 Å². The summed E-state index contributed by atoms with van der Waals surface area (Å²) in [6.07, 6.45) is 23.8. The minimum atomic E-state index is -0.250. The Kier molecular flexibility index (Phi) is 19.6. The van der Waals surface area contributed by atoms with E-state index in [4.69, 9.17) is 14.8 Å². The van der Waals surface area contributed by atoms with Crippen LogP contribution in [0.1, 0.15) is 203 Å². The molecule has 4 aliphatic rings. The van der Waals surface area contributed by atoms with Gasteiger partial charge in [-0.2, -0.15) is 6.67 Å². The number of para-hydroxylation sites is 3. The number of hydrogen-bond donors (Lipinski definition) is 1. The fourth-order valence-corrected chi connectivity index (χ4v) is 16.8. The summed E-state index contributed by atoms with van der Waals surface area (Å²) < 4.78 is 1.85. The van der Waals surface area contributed by atoms with Gasteiger partial charge >= 0.3 is 70.7 Å². The van der Waals surface area contributed by atoms with Gasteiger partial charge in [-0.1, -0.05) is 111 Å². The van der Waals surface area contributed by atoms with E-state index in [0.29, 0.717) is 29.4 Å². The quantitative estimate of drug-likeness (QED) is 0.125. The number of aromatic hydroxyl groups is 1. The number of phenolic OH excluding ortho intramolecular Hbond substituents is 1. The molecule has 0 amide bonds. The monoisotopic (exact) mass is 915 g/mol. The summed E-state index contributed by atoms with van der Waals surface area (Å²) in [7, 11) is 5.48. The van der Waals surface area contributed by atoms with Gasteiger partial charge in [0, 0.05) is 32.4 Å². The Labute approximate surface area is 368 Å². The molecule has 0 atom stereocenters. The van der Waals surface area contributed by atoms with Crippen molar-refractivity contribution in [3.8, 4) is 5.75 Å². The Balaban J connectivity index is 0.000000188.